The molecule has 0 aliphatic carbocycles. The molecule has 0 saturated heterocycles. The number of anilines is 1. The molecule has 0 amide bonds. The number of oxazole rings is 1. The highest BCUT2D eigenvalue weighted by molar-refractivity contribution is 7.91. The van der Waals surface area contributed by atoms with E-state index in [1.54, 1.807) is 6.20 Å². The lowest BCUT2D eigenvalue weighted by molar-refractivity contribution is 0.385. The van der Waals surface area contributed by atoms with Crippen molar-refractivity contribution < 1.29 is 21.3 Å². The van der Waals surface area contributed by atoms with Gasteiger partial charge in [-0.25, -0.2) is 21.8 Å². The van der Waals surface area contributed by atoms with Crippen LogP contribution in [0.25, 0.3) is 0 Å². The molecule has 0 aliphatic rings. The van der Waals surface area contributed by atoms with Crippen LogP contribution in [0.15, 0.2) is 38.6 Å². The van der Waals surface area contributed by atoms with Crippen LogP contribution in [0.5, 0.6) is 0 Å². The summed E-state index contributed by atoms with van der Waals surface area (Å²) in [5.41, 5.74) is 0.116. The number of nitrogens with zero attached hydrogens (tertiary/aromatic N) is 1. The topological polar surface area (TPSA) is 106 Å². The molecule has 0 atom stereocenters. The molecular formula is C16H22N2O5S2. The minimum atomic E-state index is -3.62. The van der Waals surface area contributed by atoms with Gasteiger partial charge in [0.05, 0.1) is 28.2 Å². The van der Waals surface area contributed by atoms with Crippen LogP contribution >= 0.6 is 0 Å². The van der Waals surface area contributed by atoms with Gasteiger partial charge in [0.1, 0.15) is 5.76 Å². The maximum Gasteiger partial charge on any atom is 0.213 e. The average molecular weight is 386 g/mol. The number of rotatable bonds is 5. The highest BCUT2D eigenvalue weighted by Crippen LogP contribution is 2.26. The number of hydrogen-bond donors (Lipinski definition) is 1. The summed E-state index contributed by atoms with van der Waals surface area (Å²) in [7, 11) is -7.12. The van der Waals surface area contributed by atoms with Crippen LogP contribution in [0.1, 0.15) is 32.4 Å². The van der Waals surface area contributed by atoms with Gasteiger partial charge in [0, 0.05) is 17.9 Å². The van der Waals surface area contributed by atoms with Crippen LogP contribution in [-0.4, -0.2) is 34.3 Å². The third kappa shape index (κ3) is 4.82. The zero-order valence-corrected chi connectivity index (χ0v) is 16.5. The number of aromatic nitrogens is 1. The molecule has 2 rings (SSSR count). The van der Waals surface area contributed by atoms with Crippen LogP contribution in [0.3, 0.4) is 0 Å². The van der Waals surface area contributed by atoms with Gasteiger partial charge >= 0.3 is 0 Å². The molecular weight excluding hydrogens is 364 g/mol. The van der Waals surface area contributed by atoms with Gasteiger partial charge < -0.3 is 9.73 Å². The van der Waals surface area contributed by atoms with Crippen molar-refractivity contribution in [3.8, 4) is 0 Å². The molecule has 0 saturated carbocycles. The quantitative estimate of drug-likeness (QED) is 0.841. The number of sulfone groups is 2. The van der Waals surface area contributed by atoms with Gasteiger partial charge in [0.2, 0.25) is 5.89 Å². The lowest BCUT2D eigenvalue weighted by Crippen LogP contribution is -2.10. The zero-order valence-electron chi connectivity index (χ0n) is 14.8. The first-order chi connectivity index (χ1) is 11.3. The average Bonchev–Trinajstić information content (AvgIpc) is 2.91. The van der Waals surface area contributed by atoms with Crippen LogP contribution in [0.2, 0.25) is 0 Å². The van der Waals surface area contributed by atoms with E-state index < -0.39 is 19.7 Å². The highest BCUT2D eigenvalue weighted by atomic mass is 32.2. The summed E-state index contributed by atoms with van der Waals surface area (Å²) in [5.74, 6) is 1.14. The third-order valence-electron chi connectivity index (χ3n) is 3.50. The maximum atomic E-state index is 12.0. The highest BCUT2D eigenvalue weighted by Gasteiger charge is 2.20. The normalized spacial score (nSPS) is 13.0. The van der Waals surface area contributed by atoms with Gasteiger partial charge in [-0.2, -0.15) is 0 Å². The molecule has 1 aromatic carbocycles. The smallest absolute Gasteiger partial charge is 0.213 e. The molecule has 0 spiro atoms. The SMILES string of the molecule is CC(C)(C)c1cnc(CNc2ccc(S(C)(=O)=O)cc2S(C)(=O)=O)o1. The Hall–Kier alpha value is -1.87. The Morgan fingerprint density at radius 3 is 2.20 bits per heavy atom. The van der Waals surface area contributed by atoms with Gasteiger partial charge in [0.25, 0.3) is 0 Å². The molecule has 1 aromatic heterocycles. The molecule has 0 fully saturated rings. The Labute approximate surface area is 148 Å². The third-order valence-corrected chi connectivity index (χ3v) is 5.75. The summed E-state index contributed by atoms with van der Waals surface area (Å²) >= 11 is 0. The fourth-order valence-electron chi connectivity index (χ4n) is 2.10. The number of benzene rings is 1. The van der Waals surface area contributed by atoms with Crippen molar-refractivity contribution in [1.29, 1.82) is 0 Å². The van der Waals surface area contributed by atoms with E-state index in [4.69, 9.17) is 4.42 Å². The second kappa shape index (κ2) is 6.45. The summed E-state index contributed by atoms with van der Waals surface area (Å²) < 4.78 is 53.0. The second-order valence-corrected chi connectivity index (χ2v) is 10.9. The molecule has 2 aromatic rings. The first-order valence-electron chi connectivity index (χ1n) is 7.52. The lowest BCUT2D eigenvalue weighted by atomic mass is 9.94. The molecule has 1 heterocycles. The van der Waals surface area contributed by atoms with E-state index in [9.17, 15) is 16.8 Å². The van der Waals surface area contributed by atoms with E-state index >= 15 is 0 Å². The van der Waals surface area contributed by atoms with Gasteiger partial charge in [-0.1, -0.05) is 20.8 Å². The molecule has 0 aliphatic heterocycles. The Morgan fingerprint density at radius 2 is 1.72 bits per heavy atom. The van der Waals surface area contributed by atoms with Crippen LogP contribution in [-0.2, 0) is 31.6 Å². The van der Waals surface area contributed by atoms with Crippen molar-refractivity contribution in [3.05, 3.63) is 36.0 Å². The van der Waals surface area contributed by atoms with Crippen molar-refractivity contribution in [2.24, 2.45) is 0 Å². The monoisotopic (exact) mass is 386 g/mol. The van der Waals surface area contributed by atoms with Crippen molar-refractivity contribution >= 4 is 25.4 Å². The van der Waals surface area contributed by atoms with E-state index in [1.165, 1.54) is 12.1 Å². The van der Waals surface area contributed by atoms with E-state index in [-0.39, 0.29) is 21.8 Å². The van der Waals surface area contributed by atoms with Crippen molar-refractivity contribution in [2.45, 2.75) is 42.5 Å². The van der Waals surface area contributed by atoms with Gasteiger partial charge in [-0.15, -0.1) is 0 Å². The number of hydrogen-bond acceptors (Lipinski definition) is 7. The van der Waals surface area contributed by atoms with Crippen molar-refractivity contribution in [1.82, 2.24) is 4.98 Å². The Bertz CT molecular complexity index is 984. The van der Waals surface area contributed by atoms with E-state index in [1.807, 2.05) is 20.8 Å². The lowest BCUT2D eigenvalue weighted by Gasteiger charge is -2.13. The Balaban J connectivity index is 2.32. The molecule has 25 heavy (non-hydrogen) atoms. The van der Waals surface area contributed by atoms with Gasteiger partial charge in [0.15, 0.2) is 19.7 Å². The van der Waals surface area contributed by atoms with Gasteiger partial charge in [-0.05, 0) is 18.2 Å². The Morgan fingerprint density at radius 1 is 1.08 bits per heavy atom. The van der Waals surface area contributed by atoms with Crippen LogP contribution < -0.4 is 5.32 Å². The zero-order chi connectivity index (χ0) is 19.0. The number of nitrogens with one attached hydrogen (secondary N) is 1. The first-order valence-corrected chi connectivity index (χ1v) is 11.3. The molecule has 0 unspecified atom stereocenters. The summed E-state index contributed by atoms with van der Waals surface area (Å²) in [4.78, 5) is 4.04. The minimum Gasteiger partial charge on any atom is -0.443 e. The summed E-state index contributed by atoms with van der Waals surface area (Å²) in [6.45, 7) is 6.17. The first kappa shape index (κ1) is 19.5. The Kier molecular flexibility index (Phi) is 5.02. The van der Waals surface area contributed by atoms with Gasteiger partial charge in [-0.3, -0.25) is 0 Å². The van der Waals surface area contributed by atoms with E-state index in [0.29, 0.717) is 11.6 Å². The van der Waals surface area contributed by atoms with E-state index in [2.05, 4.69) is 10.3 Å². The summed E-state index contributed by atoms with van der Waals surface area (Å²) in [6.07, 6.45) is 3.70. The van der Waals surface area contributed by atoms with Crippen LogP contribution in [0.4, 0.5) is 5.69 Å². The van der Waals surface area contributed by atoms with Crippen LogP contribution in [0, 0.1) is 0 Å². The maximum absolute atomic E-state index is 12.0. The standard InChI is InChI=1S/C16H22N2O5S2/c1-16(2,3)14-9-18-15(23-14)10-17-12-7-6-11(24(4,19)20)8-13(12)25(5,21)22/h6-9,17H,10H2,1-5H3. The predicted molar refractivity (Wildman–Crippen MR) is 95.2 cm³/mol. The fraction of sp³-hybridized carbons (Fsp3) is 0.438. The summed E-state index contributed by atoms with van der Waals surface area (Å²) in [5, 5.41) is 2.95. The fourth-order valence-corrected chi connectivity index (χ4v) is 3.70. The molecule has 0 radical (unpaired) electrons. The van der Waals surface area contributed by atoms with E-state index in [0.717, 1.165) is 24.3 Å². The minimum absolute atomic E-state index is 0.0513. The molecule has 1 N–H and O–H groups in total. The predicted octanol–water partition coefficient (Wildman–Crippen LogP) is 2.39. The molecule has 0 bridgehead atoms. The molecule has 7 nitrogen and oxygen atoms in total. The largest absolute Gasteiger partial charge is 0.443 e. The van der Waals surface area contributed by atoms with Crippen molar-refractivity contribution in [2.75, 3.05) is 17.8 Å². The molecule has 9 heteroatoms. The second-order valence-electron chi connectivity index (χ2n) is 6.92. The summed E-state index contributed by atoms with van der Waals surface area (Å²) in [6, 6.07) is 3.95. The van der Waals surface area contributed by atoms with Crippen molar-refractivity contribution in [3.63, 3.8) is 0 Å². The molecule has 138 valence electrons.